The lowest BCUT2D eigenvalue weighted by Gasteiger charge is -2.12. The lowest BCUT2D eigenvalue weighted by molar-refractivity contribution is 0.0685. The van der Waals surface area contributed by atoms with Gasteiger partial charge in [0, 0.05) is 76.9 Å². The van der Waals surface area contributed by atoms with Crippen LogP contribution in [0.3, 0.4) is 0 Å². The van der Waals surface area contributed by atoms with Crippen molar-refractivity contribution >= 4 is 64.0 Å². The number of halogens is 1. The predicted octanol–water partition coefficient (Wildman–Crippen LogP) is 8.00. The Bertz CT molecular complexity index is 1990. The molecule has 0 unspecified atom stereocenters. The van der Waals surface area contributed by atoms with E-state index in [0.717, 1.165) is 72.4 Å². The number of hydrogen-bond acceptors (Lipinski definition) is 6. The minimum absolute atomic E-state index is 0.273. The molecule has 46 heavy (non-hydrogen) atoms. The van der Waals surface area contributed by atoms with Gasteiger partial charge in [-0.2, -0.15) is 10.2 Å². The molecule has 3 aromatic heterocycles. The summed E-state index contributed by atoms with van der Waals surface area (Å²) in [5.41, 5.74) is 7.02. The fraction of sp³-hybridized carbons (Fsp3) is 0.286. The van der Waals surface area contributed by atoms with Gasteiger partial charge < -0.3 is 14.4 Å². The van der Waals surface area contributed by atoms with E-state index in [1.165, 1.54) is 0 Å². The van der Waals surface area contributed by atoms with Crippen LogP contribution in [-0.4, -0.2) is 41.8 Å². The summed E-state index contributed by atoms with van der Waals surface area (Å²) in [7, 11) is 5.70. The monoisotopic (exact) mass is 673 g/mol. The highest BCUT2D eigenvalue weighted by Crippen LogP contribution is 2.34. The summed E-state index contributed by atoms with van der Waals surface area (Å²) in [4.78, 5) is 13.4. The summed E-state index contributed by atoms with van der Waals surface area (Å²) in [6.45, 7) is 2.48. The lowest BCUT2D eigenvalue weighted by atomic mass is 10.0. The molecule has 0 amide bonds. The average Bonchev–Trinajstić information content (AvgIpc) is 3.64. The van der Waals surface area contributed by atoms with E-state index < -0.39 is 5.97 Å². The van der Waals surface area contributed by atoms with E-state index in [4.69, 9.17) is 26.5 Å². The van der Waals surface area contributed by atoms with E-state index in [9.17, 15) is 9.90 Å². The quantitative estimate of drug-likeness (QED) is 0.193. The molecule has 4 bridgehead atoms. The van der Waals surface area contributed by atoms with Crippen LogP contribution in [0.5, 0.6) is 5.75 Å². The second-order valence-electron chi connectivity index (χ2n) is 11.4. The number of thioether (sulfide) groups is 2. The Morgan fingerprint density at radius 2 is 1.85 bits per heavy atom. The van der Waals surface area contributed by atoms with Gasteiger partial charge in [-0.1, -0.05) is 41.9 Å². The largest absolute Gasteiger partial charge is 0.493 e. The van der Waals surface area contributed by atoms with Crippen molar-refractivity contribution in [2.45, 2.75) is 41.9 Å². The first-order valence-electron chi connectivity index (χ1n) is 15.0. The molecule has 8 nitrogen and oxygen atoms in total. The number of aryl methyl sites for hydroxylation is 3. The third-order valence-electron chi connectivity index (χ3n) is 8.21. The van der Waals surface area contributed by atoms with E-state index in [0.29, 0.717) is 30.2 Å². The summed E-state index contributed by atoms with van der Waals surface area (Å²) in [6, 6.07) is 14.7. The molecule has 0 atom stereocenters. The number of benzene rings is 2. The number of fused-ring (bicyclic) bond motifs is 8. The predicted molar refractivity (Wildman–Crippen MR) is 189 cm³/mol. The maximum absolute atomic E-state index is 12.3. The molecule has 1 aliphatic heterocycles. The van der Waals surface area contributed by atoms with Crippen LogP contribution in [0.2, 0.25) is 0 Å². The van der Waals surface area contributed by atoms with Crippen LogP contribution in [0.25, 0.3) is 22.9 Å². The SMILES string of the molecule is Cc1c2c(nn1C)CSCc1cc(n(C)n1)CSc1cc(c3ccccc3c1)OCCCc1c(cn(C)c1C(=O)O)/C=C\C(Cl)=C\2. The van der Waals surface area contributed by atoms with Crippen molar-refractivity contribution in [2.75, 3.05) is 6.61 Å². The lowest BCUT2D eigenvalue weighted by Crippen LogP contribution is -2.08. The summed E-state index contributed by atoms with van der Waals surface area (Å²) in [5, 5.41) is 22.3. The van der Waals surface area contributed by atoms with E-state index >= 15 is 0 Å². The fourth-order valence-corrected chi connectivity index (χ4v) is 7.82. The number of nitrogens with zero attached hydrogens (tertiary/aromatic N) is 5. The highest BCUT2D eigenvalue weighted by atomic mass is 35.5. The molecule has 5 aromatic rings. The van der Waals surface area contributed by atoms with Crippen LogP contribution in [0.1, 0.15) is 56.4 Å². The Kier molecular flexibility index (Phi) is 9.67. The number of ether oxygens (including phenoxy) is 1. The molecule has 238 valence electrons. The van der Waals surface area contributed by atoms with Crippen LogP contribution in [0.4, 0.5) is 0 Å². The van der Waals surface area contributed by atoms with E-state index in [1.54, 1.807) is 35.1 Å². The number of carboxylic acids is 1. The van der Waals surface area contributed by atoms with Gasteiger partial charge in [0.15, 0.2) is 0 Å². The topological polar surface area (TPSA) is 87.1 Å². The van der Waals surface area contributed by atoms with Gasteiger partial charge in [-0.05, 0) is 66.6 Å². The molecule has 0 fully saturated rings. The van der Waals surface area contributed by atoms with Crippen molar-refractivity contribution in [2.24, 2.45) is 21.1 Å². The molecule has 2 aromatic carbocycles. The van der Waals surface area contributed by atoms with Gasteiger partial charge in [-0.3, -0.25) is 9.36 Å². The molecule has 0 aliphatic carbocycles. The van der Waals surface area contributed by atoms with Crippen LogP contribution >= 0.6 is 35.1 Å². The fourth-order valence-electron chi connectivity index (χ4n) is 5.80. The first kappa shape index (κ1) is 32.1. The van der Waals surface area contributed by atoms with Gasteiger partial charge in [-0.15, -0.1) is 23.5 Å². The molecule has 0 saturated heterocycles. The van der Waals surface area contributed by atoms with Crippen molar-refractivity contribution in [3.05, 3.63) is 105 Å². The van der Waals surface area contributed by atoms with Gasteiger partial charge in [0.05, 0.1) is 18.0 Å². The number of allylic oxidation sites excluding steroid dienone is 2. The normalized spacial score (nSPS) is 16.6. The van der Waals surface area contributed by atoms with Gasteiger partial charge in [0.2, 0.25) is 0 Å². The average molecular weight is 674 g/mol. The summed E-state index contributed by atoms with van der Waals surface area (Å²) >= 11 is 10.3. The van der Waals surface area contributed by atoms with E-state index in [1.807, 2.05) is 66.9 Å². The molecule has 11 heteroatoms. The Balaban J connectivity index is 1.36. The van der Waals surface area contributed by atoms with Crippen LogP contribution < -0.4 is 4.74 Å². The number of aromatic nitrogens is 5. The van der Waals surface area contributed by atoms with Gasteiger partial charge in [-0.25, -0.2) is 4.79 Å². The van der Waals surface area contributed by atoms with E-state index in [2.05, 4.69) is 30.3 Å². The van der Waals surface area contributed by atoms with Gasteiger partial charge >= 0.3 is 5.97 Å². The number of rotatable bonds is 1. The Morgan fingerprint density at radius 1 is 1.02 bits per heavy atom. The molecule has 1 N–H and O–H groups in total. The molecule has 0 radical (unpaired) electrons. The number of hydrogen-bond donors (Lipinski definition) is 1. The zero-order valence-corrected chi connectivity index (χ0v) is 28.7. The Labute approximate surface area is 282 Å². The van der Waals surface area contributed by atoms with Gasteiger partial charge in [0.1, 0.15) is 11.4 Å². The van der Waals surface area contributed by atoms with Crippen molar-refractivity contribution < 1.29 is 14.6 Å². The molecule has 0 spiro atoms. The second kappa shape index (κ2) is 13.9. The maximum Gasteiger partial charge on any atom is 0.352 e. The van der Waals surface area contributed by atoms with Crippen molar-refractivity contribution in [3.8, 4) is 5.75 Å². The highest BCUT2D eigenvalue weighted by molar-refractivity contribution is 7.98. The molecular formula is C35H36ClN5O3S2. The first-order valence-corrected chi connectivity index (χ1v) is 17.6. The molecule has 6 rings (SSSR count). The number of carboxylic acid groups (broad SMARTS) is 1. The van der Waals surface area contributed by atoms with Gasteiger partial charge in [0.25, 0.3) is 0 Å². The smallest absolute Gasteiger partial charge is 0.352 e. The first-order chi connectivity index (χ1) is 22.2. The zero-order chi connectivity index (χ0) is 32.4. The standard InChI is InChI=1S/C35H36ClN5O3S2/c1-22-31-15-25(36)12-11-24-18-39(2)34(35(42)43)30(24)10-7-13-44-33-17-28(14-23-8-5-6-9-29(23)33)46-20-27-16-26(37-41(27)4)19-45-21-32(31)38-40(22)3/h5-6,8-9,11-12,14-18H,7,10,13,19-21H2,1-4H3,(H,42,43)/b12-11-,25-15-. The summed E-state index contributed by atoms with van der Waals surface area (Å²) < 4.78 is 11.9. The molecule has 1 aliphatic rings. The van der Waals surface area contributed by atoms with Crippen LogP contribution in [0.15, 0.2) is 64.7 Å². The Morgan fingerprint density at radius 3 is 2.67 bits per heavy atom. The summed E-state index contributed by atoms with van der Waals surface area (Å²) in [6.07, 6.45) is 8.69. The van der Waals surface area contributed by atoms with Crippen molar-refractivity contribution in [1.29, 1.82) is 0 Å². The minimum atomic E-state index is -0.957. The van der Waals surface area contributed by atoms with E-state index in [-0.39, 0.29) is 5.69 Å². The minimum Gasteiger partial charge on any atom is -0.493 e. The number of carbonyl (C=O) groups is 1. The molecule has 4 heterocycles. The Hall–Kier alpha value is -3.86. The van der Waals surface area contributed by atoms with Crippen molar-refractivity contribution in [1.82, 2.24) is 24.1 Å². The van der Waals surface area contributed by atoms with Crippen LogP contribution in [0, 0.1) is 6.92 Å². The number of aromatic carboxylic acids is 1. The zero-order valence-electron chi connectivity index (χ0n) is 26.3. The highest BCUT2D eigenvalue weighted by Gasteiger charge is 2.19. The third-order valence-corrected chi connectivity index (χ3v) is 10.4. The molecular weight excluding hydrogens is 638 g/mol. The third kappa shape index (κ3) is 6.94. The maximum atomic E-state index is 12.3. The summed E-state index contributed by atoms with van der Waals surface area (Å²) in [5.74, 6) is 2.13. The van der Waals surface area contributed by atoms with Crippen molar-refractivity contribution in [3.63, 3.8) is 0 Å². The second-order valence-corrected chi connectivity index (χ2v) is 13.9. The molecule has 0 saturated carbocycles. The van der Waals surface area contributed by atoms with Crippen LogP contribution in [-0.2, 0) is 44.8 Å².